The highest BCUT2D eigenvalue weighted by atomic mass is 19.4. The standard InChI is InChI=1S/C13H19F3N2/c1-2-3-4-12(18-17)9-10-5-7-11(8-6-10)13(14,15)16/h5-8,12,18H,2-4,9,17H2,1H3. The molecule has 1 aromatic carbocycles. The Bertz CT molecular complexity index is 346. The van der Waals surface area contributed by atoms with Crippen molar-refractivity contribution in [1.29, 1.82) is 0 Å². The van der Waals surface area contributed by atoms with Crippen molar-refractivity contribution in [2.75, 3.05) is 0 Å². The Morgan fingerprint density at radius 3 is 2.28 bits per heavy atom. The van der Waals surface area contributed by atoms with Crippen LogP contribution in [0.4, 0.5) is 13.2 Å². The molecule has 0 aromatic heterocycles. The topological polar surface area (TPSA) is 38.0 Å². The lowest BCUT2D eigenvalue weighted by Gasteiger charge is -2.16. The summed E-state index contributed by atoms with van der Waals surface area (Å²) in [7, 11) is 0. The molecule has 102 valence electrons. The molecule has 0 aliphatic carbocycles. The smallest absolute Gasteiger partial charge is 0.271 e. The highest BCUT2D eigenvalue weighted by Gasteiger charge is 2.29. The molecule has 0 spiro atoms. The van der Waals surface area contributed by atoms with Gasteiger partial charge in [-0.25, -0.2) is 0 Å². The van der Waals surface area contributed by atoms with Crippen LogP contribution >= 0.6 is 0 Å². The molecule has 0 aliphatic rings. The molecule has 1 aromatic rings. The van der Waals surface area contributed by atoms with Gasteiger partial charge in [-0.2, -0.15) is 13.2 Å². The van der Waals surface area contributed by atoms with Crippen molar-refractivity contribution in [2.24, 2.45) is 5.84 Å². The van der Waals surface area contributed by atoms with Gasteiger partial charge < -0.3 is 0 Å². The van der Waals surface area contributed by atoms with E-state index < -0.39 is 11.7 Å². The number of unbranched alkanes of at least 4 members (excludes halogenated alkanes) is 1. The summed E-state index contributed by atoms with van der Waals surface area (Å²) in [6, 6.07) is 5.37. The molecule has 0 heterocycles. The van der Waals surface area contributed by atoms with Crippen LogP contribution in [0.15, 0.2) is 24.3 Å². The minimum absolute atomic E-state index is 0.113. The largest absolute Gasteiger partial charge is 0.416 e. The van der Waals surface area contributed by atoms with Gasteiger partial charge in [-0.1, -0.05) is 31.9 Å². The third kappa shape index (κ3) is 4.66. The minimum Gasteiger partial charge on any atom is -0.271 e. The van der Waals surface area contributed by atoms with Crippen LogP contribution in [0, 0.1) is 0 Å². The van der Waals surface area contributed by atoms with Crippen molar-refractivity contribution >= 4 is 0 Å². The Labute approximate surface area is 105 Å². The molecule has 0 amide bonds. The Morgan fingerprint density at radius 1 is 1.22 bits per heavy atom. The van der Waals surface area contributed by atoms with Crippen molar-refractivity contribution in [3.8, 4) is 0 Å². The molecule has 0 aliphatic heterocycles. The molecule has 3 N–H and O–H groups in total. The van der Waals surface area contributed by atoms with E-state index in [2.05, 4.69) is 12.3 Å². The van der Waals surface area contributed by atoms with Crippen LogP contribution in [0.3, 0.4) is 0 Å². The summed E-state index contributed by atoms with van der Waals surface area (Å²) >= 11 is 0. The summed E-state index contributed by atoms with van der Waals surface area (Å²) in [4.78, 5) is 0. The number of hydrogen-bond donors (Lipinski definition) is 2. The van der Waals surface area contributed by atoms with E-state index in [0.29, 0.717) is 6.42 Å². The van der Waals surface area contributed by atoms with Crippen LogP contribution in [-0.4, -0.2) is 6.04 Å². The van der Waals surface area contributed by atoms with Gasteiger partial charge in [0.05, 0.1) is 5.56 Å². The Kier molecular flexibility index (Phi) is 5.62. The number of nitrogens with one attached hydrogen (secondary N) is 1. The molecule has 0 saturated carbocycles. The summed E-state index contributed by atoms with van der Waals surface area (Å²) in [6.07, 6.45) is -0.574. The predicted octanol–water partition coefficient (Wildman–Crippen LogP) is 3.27. The van der Waals surface area contributed by atoms with Gasteiger partial charge in [-0.3, -0.25) is 11.3 Å². The van der Waals surface area contributed by atoms with Gasteiger partial charge in [0, 0.05) is 6.04 Å². The molecule has 2 nitrogen and oxygen atoms in total. The quantitative estimate of drug-likeness (QED) is 0.608. The fraction of sp³-hybridized carbons (Fsp3) is 0.538. The Morgan fingerprint density at radius 2 is 1.83 bits per heavy atom. The third-order valence-electron chi connectivity index (χ3n) is 2.91. The fourth-order valence-corrected chi connectivity index (χ4v) is 1.81. The minimum atomic E-state index is -4.27. The Hall–Kier alpha value is -1.07. The Balaban J connectivity index is 2.62. The molecule has 0 radical (unpaired) electrons. The van der Waals surface area contributed by atoms with Crippen molar-refractivity contribution in [3.63, 3.8) is 0 Å². The zero-order chi connectivity index (χ0) is 13.6. The van der Waals surface area contributed by atoms with Gasteiger partial charge in [0.15, 0.2) is 0 Å². The average molecular weight is 260 g/mol. The maximum Gasteiger partial charge on any atom is 0.416 e. The zero-order valence-electron chi connectivity index (χ0n) is 10.4. The van der Waals surface area contributed by atoms with E-state index in [1.54, 1.807) is 0 Å². The van der Waals surface area contributed by atoms with Gasteiger partial charge in [0.2, 0.25) is 0 Å². The summed E-state index contributed by atoms with van der Waals surface area (Å²) in [6.45, 7) is 2.09. The number of alkyl halides is 3. The zero-order valence-corrected chi connectivity index (χ0v) is 10.4. The van der Waals surface area contributed by atoms with Crippen LogP contribution in [0.5, 0.6) is 0 Å². The summed E-state index contributed by atoms with van der Waals surface area (Å²) < 4.78 is 37.1. The molecule has 0 fully saturated rings. The van der Waals surface area contributed by atoms with Gasteiger partial charge in [-0.15, -0.1) is 0 Å². The van der Waals surface area contributed by atoms with Crippen molar-refractivity contribution in [2.45, 2.75) is 44.8 Å². The van der Waals surface area contributed by atoms with Crippen LogP contribution in [0.25, 0.3) is 0 Å². The second kappa shape index (κ2) is 6.75. The molecular weight excluding hydrogens is 241 g/mol. The predicted molar refractivity (Wildman–Crippen MR) is 65.8 cm³/mol. The number of halogens is 3. The lowest BCUT2D eigenvalue weighted by Crippen LogP contribution is -2.36. The molecule has 1 atom stereocenters. The van der Waals surface area contributed by atoms with Gasteiger partial charge in [0.1, 0.15) is 0 Å². The first-order valence-electron chi connectivity index (χ1n) is 6.09. The molecule has 0 saturated heterocycles. The van der Waals surface area contributed by atoms with E-state index in [9.17, 15) is 13.2 Å². The molecule has 18 heavy (non-hydrogen) atoms. The second-order valence-electron chi connectivity index (χ2n) is 4.40. The van der Waals surface area contributed by atoms with Gasteiger partial charge in [-0.05, 0) is 30.5 Å². The molecule has 0 bridgehead atoms. The van der Waals surface area contributed by atoms with Crippen LogP contribution in [-0.2, 0) is 12.6 Å². The van der Waals surface area contributed by atoms with E-state index in [1.807, 2.05) is 0 Å². The first kappa shape index (κ1) is 15.0. The lowest BCUT2D eigenvalue weighted by molar-refractivity contribution is -0.137. The highest BCUT2D eigenvalue weighted by molar-refractivity contribution is 5.25. The normalized spacial score (nSPS) is 13.6. The van der Waals surface area contributed by atoms with E-state index in [4.69, 9.17) is 5.84 Å². The maximum absolute atomic E-state index is 12.4. The van der Waals surface area contributed by atoms with E-state index in [-0.39, 0.29) is 6.04 Å². The van der Waals surface area contributed by atoms with Crippen molar-refractivity contribution in [3.05, 3.63) is 35.4 Å². The first-order valence-corrected chi connectivity index (χ1v) is 6.09. The fourth-order valence-electron chi connectivity index (χ4n) is 1.81. The number of hydrogen-bond acceptors (Lipinski definition) is 2. The summed E-state index contributed by atoms with van der Waals surface area (Å²) in [5.41, 5.74) is 2.96. The van der Waals surface area contributed by atoms with Crippen molar-refractivity contribution < 1.29 is 13.2 Å². The summed E-state index contributed by atoms with van der Waals surface area (Å²) in [5, 5.41) is 0. The maximum atomic E-state index is 12.4. The summed E-state index contributed by atoms with van der Waals surface area (Å²) in [5.74, 6) is 5.43. The van der Waals surface area contributed by atoms with Gasteiger partial charge >= 0.3 is 6.18 Å². The number of nitrogens with two attached hydrogens (primary N) is 1. The van der Waals surface area contributed by atoms with Crippen LogP contribution < -0.4 is 11.3 Å². The van der Waals surface area contributed by atoms with Crippen molar-refractivity contribution in [1.82, 2.24) is 5.43 Å². The van der Waals surface area contributed by atoms with Gasteiger partial charge in [0.25, 0.3) is 0 Å². The first-order chi connectivity index (χ1) is 8.47. The van der Waals surface area contributed by atoms with E-state index in [0.717, 1.165) is 37.0 Å². The number of benzene rings is 1. The van der Waals surface area contributed by atoms with Crippen LogP contribution in [0.1, 0.15) is 37.3 Å². The van der Waals surface area contributed by atoms with E-state index >= 15 is 0 Å². The lowest BCUT2D eigenvalue weighted by atomic mass is 10.0. The molecule has 5 heteroatoms. The SMILES string of the molecule is CCCCC(Cc1ccc(C(F)(F)F)cc1)NN. The monoisotopic (exact) mass is 260 g/mol. The van der Waals surface area contributed by atoms with Crippen LogP contribution in [0.2, 0.25) is 0 Å². The number of rotatable bonds is 6. The number of hydrazine groups is 1. The molecule has 1 rings (SSSR count). The average Bonchev–Trinajstić information content (AvgIpc) is 2.34. The molecule has 1 unspecified atom stereocenters. The molecular formula is C13H19F3N2. The van der Waals surface area contributed by atoms with E-state index in [1.165, 1.54) is 12.1 Å². The highest BCUT2D eigenvalue weighted by Crippen LogP contribution is 2.29. The third-order valence-corrected chi connectivity index (χ3v) is 2.91. The second-order valence-corrected chi connectivity index (χ2v) is 4.40.